The zero-order chi connectivity index (χ0) is 20.5. The first-order valence-electron chi connectivity index (χ1n) is 8.89. The third-order valence-corrected chi connectivity index (χ3v) is 5.23. The first kappa shape index (κ1) is 21.4. The fourth-order valence-corrected chi connectivity index (χ4v) is 3.63. The molecule has 2 unspecified atom stereocenters. The summed E-state index contributed by atoms with van der Waals surface area (Å²) < 4.78 is 4.79. The lowest BCUT2D eigenvalue weighted by atomic mass is 10.1. The van der Waals surface area contributed by atoms with E-state index in [0.717, 1.165) is 10.4 Å². The summed E-state index contributed by atoms with van der Waals surface area (Å²) in [4.78, 5) is 38.7. The minimum atomic E-state index is -0.691. The van der Waals surface area contributed by atoms with Crippen LogP contribution in [0.3, 0.4) is 0 Å². The van der Waals surface area contributed by atoms with Crippen molar-refractivity contribution >= 4 is 29.2 Å². The van der Waals surface area contributed by atoms with E-state index in [1.807, 2.05) is 47.8 Å². The molecule has 0 fully saturated rings. The summed E-state index contributed by atoms with van der Waals surface area (Å²) in [7, 11) is 1.33. The molecule has 3 amide bonds. The molecule has 1 heterocycles. The highest BCUT2D eigenvalue weighted by molar-refractivity contribution is 7.10. The Hall–Kier alpha value is -2.87. The van der Waals surface area contributed by atoms with Crippen LogP contribution in [0, 0.1) is 5.92 Å². The quantitative estimate of drug-likeness (QED) is 0.629. The monoisotopic (exact) mass is 403 g/mol. The Kier molecular flexibility index (Phi) is 8.01. The molecule has 0 aliphatic carbocycles. The van der Waals surface area contributed by atoms with Crippen molar-refractivity contribution in [3.63, 3.8) is 0 Å². The Morgan fingerprint density at radius 3 is 2.46 bits per heavy atom. The second-order valence-electron chi connectivity index (χ2n) is 6.46. The van der Waals surface area contributed by atoms with Crippen LogP contribution in [0.4, 0.5) is 4.79 Å². The molecule has 8 heteroatoms. The number of thiophene rings is 1. The molecule has 0 bridgehead atoms. The molecule has 2 rings (SSSR count). The van der Waals surface area contributed by atoms with Crippen molar-refractivity contribution in [3.8, 4) is 0 Å². The van der Waals surface area contributed by atoms with Gasteiger partial charge in [0.05, 0.1) is 25.5 Å². The molecule has 28 heavy (non-hydrogen) atoms. The highest BCUT2D eigenvalue weighted by atomic mass is 32.1. The number of carbonyl (C=O) groups excluding carboxylic acids is 3. The molecule has 0 aliphatic heterocycles. The van der Waals surface area contributed by atoms with Crippen molar-refractivity contribution in [1.29, 1.82) is 0 Å². The number of urea groups is 1. The van der Waals surface area contributed by atoms with Gasteiger partial charge in [0.25, 0.3) is 0 Å². The number of nitrogens with one attached hydrogen (secondary N) is 1. The summed E-state index contributed by atoms with van der Waals surface area (Å²) in [6.45, 7) is 2.29. The van der Waals surface area contributed by atoms with Gasteiger partial charge in [-0.1, -0.05) is 43.3 Å². The van der Waals surface area contributed by atoms with Crippen molar-refractivity contribution in [2.45, 2.75) is 25.9 Å². The van der Waals surface area contributed by atoms with Crippen LogP contribution in [0.5, 0.6) is 0 Å². The lowest BCUT2D eigenvalue weighted by molar-refractivity contribution is -0.146. The Bertz CT molecular complexity index is 780. The van der Waals surface area contributed by atoms with Crippen molar-refractivity contribution in [3.05, 3.63) is 58.3 Å². The molecule has 0 aliphatic rings. The molecule has 2 aromatic rings. The van der Waals surface area contributed by atoms with Crippen molar-refractivity contribution in [2.24, 2.45) is 11.7 Å². The summed E-state index contributed by atoms with van der Waals surface area (Å²) in [5, 5.41) is 4.50. The van der Waals surface area contributed by atoms with Gasteiger partial charge in [-0.2, -0.15) is 0 Å². The minimum Gasteiger partial charge on any atom is -0.469 e. The minimum absolute atomic E-state index is 0.0458. The second kappa shape index (κ2) is 10.5. The van der Waals surface area contributed by atoms with Gasteiger partial charge in [0.2, 0.25) is 5.91 Å². The van der Waals surface area contributed by atoms with Crippen LogP contribution in [0.25, 0.3) is 0 Å². The molecule has 0 spiro atoms. The lowest BCUT2D eigenvalue weighted by Crippen LogP contribution is -2.40. The number of carbonyl (C=O) groups is 3. The summed E-state index contributed by atoms with van der Waals surface area (Å²) in [5.41, 5.74) is 6.23. The third kappa shape index (κ3) is 6.38. The number of methoxy groups -OCH3 is 1. The van der Waals surface area contributed by atoms with E-state index < -0.39 is 18.0 Å². The number of hydrogen-bond donors (Lipinski definition) is 2. The van der Waals surface area contributed by atoms with Gasteiger partial charge in [-0.25, -0.2) is 4.79 Å². The Morgan fingerprint density at radius 2 is 1.89 bits per heavy atom. The zero-order valence-electron chi connectivity index (χ0n) is 16.0. The molecule has 7 nitrogen and oxygen atoms in total. The Balaban J connectivity index is 2.18. The fourth-order valence-electron chi connectivity index (χ4n) is 2.85. The summed E-state index contributed by atoms with van der Waals surface area (Å²) in [5.74, 6) is -1.04. The van der Waals surface area contributed by atoms with Crippen LogP contribution in [0.2, 0.25) is 0 Å². The predicted molar refractivity (Wildman–Crippen MR) is 107 cm³/mol. The molecule has 0 radical (unpaired) electrons. The molecule has 1 aromatic heterocycles. The van der Waals surface area contributed by atoms with E-state index in [4.69, 9.17) is 10.5 Å². The van der Waals surface area contributed by atoms with Crippen molar-refractivity contribution < 1.29 is 19.1 Å². The van der Waals surface area contributed by atoms with Crippen LogP contribution in [-0.4, -0.2) is 36.5 Å². The van der Waals surface area contributed by atoms with E-state index in [9.17, 15) is 14.4 Å². The second-order valence-corrected chi connectivity index (χ2v) is 7.44. The maximum atomic E-state index is 13.1. The number of hydrogen-bond acceptors (Lipinski definition) is 5. The number of ether oxygens (including phenoxy) is 1. The Labute approximate surface area is 168 Å². The number of nitrogens with zero attached hydrogens (tertiary/aromatic N) is 1. The maximum Gasteiger partial charge on any atom is 0.312 e. The Morgan fingerprint density at radius 1 is 1.18 bits per heavy atom. The number of amides is 3. The van der Waals surface area contributed by atoms with Crippen LogP contribution < -0.4 is 11.1 Å². The van der Waals surface area contributed by atoms with Crippen molar-refractivity contribution in [2.75, 3.05) is 13.7 Å². The van der Waals surface area contributed by atoms with Gasteiger partial charge in [0, 0.05) is 18.0 Å². The number of primary amides is 1. The van der Waals surface area contributed by atoms with Crippen LogP contribution >= 0.6 is 11.3 Å². The molecule has 150 valence electrons. The normalized spacial score (nSPS) is 12.6. The lowest BCUT2D eigenvalue weighted by Gasteiger charge is -2.27. The number of rotatable bonds is 9. The third-order valence-electron chi connectivity index (χ3n) is 4.25. The van der Waals surface area contributed by atoms with E-state index in [2.05, 4.69) is 5.32 Å². The first-order chi connectivity index (χ1) is 13.4. The average molecular weight is 404 g/mol. The average Bonchev–Trinajstić information content (AvgIpc) is 3.21. The SMILES string of the molecule is COC(=O)C(C)CN(Cc1ccccc1)C(=O)CC(NC(N)=O)c1cccs1. The number of nitrogens with two attached hydrogens (primary N) is 1. The zero-order valence-corrected chi connectivity index (χ0v) is 16.8. The van der Waals surface area contributed by atoms with Gasteiger partial charge in [-0.05, 0) is 17.0 Å². The van der Waals surface area contributed by atoms with Gasteiger partial charge in [-0.3, -0.25) is 9.59 Å². The highest BCUT2D eigenvalue weighted by Crippen LogP contribution is 2.23. The van der Waals surface area contributed by atoms with E-state index in [0.29, 0.717) is 6.54 Å². The smallest absolute Gasteiger partial charge is 0.312 e. The number of benzene rings is 1. The molecule has 3 N–H and O–H groups in total. The molecule has 2 atom stereocenters. The van der Waals surface area contributed by atoms with Gasteiger partial charge in [0.15, 0.2) is 0 Å². The number of esters is 1. The summed E-state index contributed by atoms with van der Waals surface area (Å²) >= 11 is 1.44. The first-order valence-corrected chi connectivity index (χ1v) is 9.77. The summed E-state index contributed by atoms with van der Waals surface area (Å²) in [6, 6.07) is 12.0. The molecule has 0 saturated carbocycles. The van der Waals surface area contributed by atoms with E-state index in [1.54, 1.807) is 11.8 Å². The standard InChI is InChI=1S/C20H25N3O4S/c1-14(19(25)27-2)12-23(13-15-7-4-3-5-8-15)18(24)11-16(22-20(21)26)17-9-6-10-28-17/h3-10,14,16H,11-13H2,1-2H3,(H3,21,22,26). The van der Waals surface area contributed by atoms with E-state index >= 15 is 0 Å². The predicted octanol–water partition coefficient (Wildman–Crippen LogP) is 2.69. The van der Waals surface area contributed by atoms with Gasteiger partial charge < -0.3 is 20.7 Å². The van der Waals surface area contributed by atoms with E-state index in [-0.39, 0.29) is 24.8 Å². The molecule has 1 aromatic carbocycles. The molecular formula is C20H25N3O4S. The largest absolute Gasteiger partial charge is 0.469 e. The van der Waals surface area contributed by atoms with Gasteiger partial charge in [0.1, 0.15) is 0 Å². The maximum absolute atomic E-state index is 13.1. The van der Waals surface area contributed by atoms with Gasteiger partial charge >= 0.3 is 12.0 Å². The van der Waals surface area contributed by atoms with Crippen LogP contribution in [-0.2, 0) is 20.9 Å². The molecule has 0 saturated heterocycles. The fraction of sp³-hybridized carbons (Fsp3) is 0.350. The topological polar surface area (TPSA) is 102 Å². The van der Waals surface area contributed by atoms with Crippen LogP contribution in [0.1, 0.15) is 29.8 Å². The van der Waals surface area contributed by atoms with E-state index in [1.165, 1.54) is 18.4 Å². The highest BCUT2D eigenvalue weighted by Gasteiger charge is 2.25. The summed E-state index contributed by atoms with van der Waals surface area (Å²) in [6.07, 6.45) is 0.0458. The van der Waals surface area contributed by atoms with Crippen LogP contribution in [0.15, 0.2) is 47.8 Å². The molecular weight excluding hydrogens is 378 g/mol. The van der Waals surface area contributed by atoms with Gasteiger partial charge in [-0.15, -0.1) is 11.3 Å². The van der Waals surface area contributed by atoms with Crippen molar-refractivity contribution in [1.82, 2.24) is 10.2 Å².